The third kappa shape index (κ3) is 2.84. The van der Waals surface area contributed by atoms with Gasteiger partial charge in [0.1, 0.15) is 17.0 Å². The van der Waals surface area contributed by atoms with Crippen LogP contribution in [0.4, 0.5) is 5.82 Å². The summed E-state index contributed by atoms with van der Waals surface area (Å²) in [4.78, 5) is 4.05. The molecule has 7 nitrogen and oxygen atoms in total. The van der Waals surface area contributed by atoms with E-state index in [4.69, 9.17) is 0 Å². The first-order chi connectivity index (χ1) is 8.62. The maximum atomic E-state index is 11.9. The first-order valence-corrected chi connectivity index (χ1v) is 6.63. The topological polar surface area (TPSA) is 97.1 Å². The second kappa shape index (κ2) is 5.15. The highest BCUT2D eigenvalue weighted by Gasteiger charge is 2.14. The molecule has 0 atom stereocenters. The average molecular weight is 268 g/mol. The molecule has 0 aromatic carbocycles. The summed E-state index contributed by atoms with van der Waals surface area (Å²) in [6.45, 7) is 0.0760. The maximum Gasteiger partial charge on any atom is 0.242 e. The van der Waals surface area contributed by atoms with E-state index in [1.54, 1.807) is 19.2 Å². The van der Waals surface area contributed by atoms with Gasteiger partial charge in [0.2, 0.25) is 10.0 Å². The molecule has 0 bridgehead atoms. The van der Waals surface area contributed by atoms with E-state index in [2.05, 4.69) is 24.7 Å². The van der Waals surface area contributed by atoms with Crippen LogP contribution >= 0.6 is 0 Å². The standard InChI is InChI=1S/C10H12N4O3S/c1-11-10-3-2-9(7-12-10)18(15,16)13-6-8-4-5-17-14-8/h2-5,7,13H,6H2,1H3,(H,11,12). The molecule has 2 aromatic heterocycles. The Kier molecular flexibility index (Phi) is 3.58. The fraction of sp³-hybridized carbons (Fsp3) is 0.200. The van der Waals surface area contributed by atoms with E-state index in [9.17, 15) is 8.42 Å². The lowest BCUT2D eigenvalue weighted by molar-refractivity contribution is 0.411. The van der Waals surface area contributed by atoms with Crippen molar-refractivity contribution in [3.8, 4) is 0 Å². The van der Waals surface area contributed by atoms with E-state index in [0.717, 1.165) is 0 Å². The SMILES string of the molecule is CNc1ccc(S(=O)(=O)NCc2ccon2)cn1. The van der Waals surface area contributed by atoms with Gasteiger partial charge in [-0.25, -0.2) is 18.1 Å². The van der Waals surface area contributed by atoms with Gasteiger partial charge in [0.25, 0.3) is 0 Å². The minimum Gasteiger partial charge on any atom is -0.373 e. The van der Waals surface area contributed by atoms with Crippen molar-refractivity contribution in [1.29, 1.82) is 0 Å². The van der Waals surface area contributed by atoms with Gasteiger partial charge in [0.15, 0.2) is 0 Å². The molecule has 18 heavy (non-hydrogen) atoms. The van der Waals surface area contributed by atoms with Crippen molar-refractivity contribution >= 4 is 15.8 Å². The van der Waals surface area contributed by atoms with Crippen LogP contribution in [-0.4, -0.2) is 25.6 Å². The fourth-order valence-corrected chi connectivity index (χ4v) is 2.21. The summed E-state index contributed by atoms with van der Waals surface area (Å²) in [7, 11) is -1.88. The van der Waals surface area contributed by atoms with Crippen LogP contribution in [0.1, 0.15) is 5.69 Å². The van der Waals surface area contributed by atoms with Gasteiger partial charge in [-0.3, -0.25) is 0 Å². The van der Waals surface area contributed by atoms with E-state index in [0.29, 0.717) is 11.5 Å². The lowest BCUT2D eigenvalue weighted by Crippen LogP contribution is -2.23. The zero-order chi connectivity index (χ0) is 13.0. The van der Waals surface area contributed by atoms with Crippen molar-refractivity contribution in [3.05, 3.63) is 36.4 Å². The molecule has 0 saturated carbocycles. The van der Waals surface area contributed by atoms with E-state index in [-0.39, 0.29) is 11.4 Å². The van der Waals surface area contributed by atoms with Crippen molar-refractivity contribution in [2.45, 2.75) is 11.4 Å². The van der Waals surface area contributed by atoms with E-state index >= 15 is 0 Å². The van der Waals surface area contributed by atoms with Crippen LogP contribution in [0, 0.1) is 0 Å². The third-order valence-corrected chi connectivity index (χ3v) is 3.62. The van der Waals surface area contributed by atoms with E-state index < -0.39 is 10.0 Å². The second-order valence-electron chi connectivity index (χ2n) is 3.44. The molecule has 8 heteroatoms. The highest BCUT2D eigenvalue weighted by Crippen LogP contribution is 2.10. The molecule has 0 aliphatic rings. The molecule has 2 rings (SSSR count). The predicted molar refractivity (Wildman–Crippen MR) is 64.3 cm³/mol. The maximum absolute atomic E-state index is 11.9. The zero-order valence-corrected chi connectivity index (χ0v) is 10.4. The van der Waals surface area contributed by atoms with Crippen molar-refractivity contribution < 1.29 is 12.9 Å². The van der Waals surface area contributed by atoms with Crippen molar-refractivity contribution in [2.75, 3.05) is 12.4 Å². The molecular formula is C10H12N4O3S. The monoisotopic (exact) mass is 268 g/mol. The van der Waals surface area contributed by atoms with Gasteiger partial charge in [-0.2, -0.15) is 0 Å². The van der Waals surface area contributed by atoms with E-state index in [1.807, 2.05) is 0 Å². The molecular weight excluding hydrogens is 256 g/mol. The molecule has 0 fully saturated rings. The molecule has 2 aromatic rings. The quantitative estimate of drug-likeness (QED) is 0.823. The molecule has 96 valence electrons. The lowest BCUT2D eigenvalue weighted by atomic mass is 10.4. The molecule has 0 saturated heterocycles. The summed E-state index contributed by atoms with van der Waals surface area (Å²) >= 11 is 0. The van der Waals surface area contributed by atoms with Gasteiger partial charge < -0.3 is 9.84 Å². The smallest absolute Gasteiger partial charge is 0.242 e. The van der Waals surface area contributed by atoms with Gasteiger partial charge >= 0.3 is 0 Å². The summed E-state index contributed by atoms with van der Waals surface area (Å²) < 4.78 is 30.8. The first-order valence-electron chi connectivity index (χ1n) is 5.14. The van der Waals surface area contributed by atoms with Gasteiger partial charge in [-0.15, -0.1) is 0 Å². The second-order valence-corrected chi connectivity index (χ2v) is 5.21. The number of nitrogens with one attached hydrogen (secondary N) is 2. The average Bonchev–Trinajstić information content (AvgIpc) is 2.90. The molecule has 0 aliphatic carbocycles. The number of pyridine rings is 1. The molecule has 2 heterocycles. The van der Waals surface area contributed by atoms with Crippen molar-refractivity contribution in [1.82, 2.24) is 14.9 Å². The molecule has 0 radical (unpaired) electrons. The van der Waals surface area contributed by atoms with Gasteiger partial charge in [-0.05, 0) is 12.1 Å². The molecule has 0 unspecified atom stereocenters. The van der Waals surface area contributed by atoms with Gasteiger partial charge in [0.05, 0.1) is 12.2 Å². The van der Waals surface area contributed by atoms with Crippen LogP contribution in [0.15, 0.2) is 40.1 Å². The summed E-state index contributed by atoms with van der Waals surface area (Å²) in [5.41, 5.74) is 0.512. The third-order valence-electron chi connectivity index (χ3n) is 2.24. The van der Waals surface area contributed by atoms with Crippen molar-refractivity contribution in [3.63, 3.8) is 0 Å². The largest absolute Gasteiger partial charge is 0.373 e. The van der Waals surface area contributed by atoms with Crippen LogP contribution in [0.25, 0.3) is 0 Å². The van der Waals surface area contributed by atoms with Gasteiger partial charge in [0, 0.05) is 19.3 Å². The predicted octanol–water partition coefficient (Wildman–Crippen LogP) is 0.590. The Morgan fingerprint density at radius 1 is 1.33 bits per heavy atom. The van der Waals surface area contributed by atoms with Gasteiger partial charge in [-0.1, -0.05) is 5.16 Å². The number of hydrogen-bond acceptors (Lipinski definition) is 6. The summed E-state index contributed by atoms with van der Waals surface area (Å²) in [5.74, 6) is 0.602. The number of rotatable bonds is 5. The first kappa shape index (κ1) is 12.5. The van der Waals surface area contributed by atoms with Crippen LogP contribution < -0.4 is 10.0 Å². The number of nitrogens with zero attached hydrogens (tertiary/aromatic N) is 2. The Labute approximate surface area is 104 Å². The number of anilines is 1. The Morgan fingerprint density at radius 2 is 2.17 bits per heavy atom. The zero-order valence-electron chi connectivity index (χ0n) is 9.62. The number of aromatic nitrogens is 2. The lowest BCUT2D eigenvalue weighted by Gasteiger charge is -2.05. The van der Waals surface area contributed by atoms with Crippen molar-refractivity contribution in [2.24, 2.45) is 0 Å². The molecule has 0 spiro atoms. The number of sulfonamides is 1. The molecule has 0 amide bonds. The molecule has 2 N–H and O–H groups in total. The van der Waals surface area contributed by atoms with Crippen LogP contribution in [0.2, 0.25) is 0 Å². The van der Waals surface area contributed by atoms with Crippen LogP contribution in [-0.2, 0) is 16.6 Å². The van der Waals surface area contributed by atoms with Crippen LogP contribution in [0.5, 0.6) is 0 Å². The van der Waals surface area contributed by atoms with E-state index in [1.165, 1.54) is 18.5 Å². The Bertz CT molecular complexity index is 593. The highest BCUT2D eigenvalue weighted by molar-refractivity contribution is 7.89. The number of hydrogen-bond donors (Lipinski definition) is 2. The Hall–Kier alpha value is -1.93. The summed E-state index contributed by atoms with van der Waals surface area (Å²) in [5, 5.41) is 6.42. The Morgan fingerprint density at radius 3 is 2.72 bits per heavy atom. The summed E-state index contributed by atoms with van der Waals surface area (Å²) in [6.07, 6.45) is 2.67. The van der Waals surface area contributed by atoms with Crippen LogP contribution in [0.3, 0.4) is 0 Å². The normalized spacial score (nSPS) is 11.4. The Balaban J connectivity index is 2.09. The minimum absolute atomic E-state index is 0.0760. The molecule has 0 aliphatic heterocycles. The minimum atomic E-state index is -3.58. The summed E-state index contributed by atoms with van der Waals surface area (Å²) in [6, 6.07) is 4.65. The highest BCUT2D eigenvalue weighted by atomic mass is 32.2. The fourth-order valence-electron chi connectivity index (χ4n) is 1.27.